The highest BCUT2D eigenvalue weighted by Crippen LogP contribution is 2.41. The van der Waals surface area contributed by atoms with E-state index in [0.29, 0.717) is 27.5 Å². The molecule has 0 spiro atoms. The number of ether oxygens (including phenoxy) is 1. The number of Topliss-reactive ketones (excluding diaryl/α,β-unsaturated/α-hetero) is 1. The lowest BCUT2D eigenvalue weighted by molar-refractivity contribution is -0.378. The summed E-state index contributed by atoms with van der Waals surface area (Å²) in [6.07, 6.45) is 3.45. The van der Waals surface area contributed by atoms with E-state index in [9.17, 15) is 14.7 Å². The van der Waals surface area contributed by atoms with Crippen LogP contribution >= 0.6 is 23.2 Å². The van der Waals surface area contributed by atoms with Crippen molar-refractivity contribution in [3.8, 4) is 5.75 Å². The number of H-pyrrole nitrogens is 1. The molecule has 180 valence electrons. The van der Waals surface area contributed by atoms with Gasteiger partial charge in [-0.05, 0) is 67.8 Å². The predicted molar refractivity (Wildman–Crippen MR) is 132 cm³/mol. The second-order valence-corrected chi connectivity index (χ2v) is 9.45. The van der Waals surface area contributed by atoms with Crippen molar-refractivity contribution in [3.63, 3.8) is 0 Å². The van der Waals surface area contributed by atoms with E-state index in [1.807, 2.05) is 19.9 Å². The molecule has 2 heterocycles. The average molecular weight is 511 g/mol. The monoisotopic (exact) mass is 510 g/mol. The van der Waals surface area contributed by atoms with Crippen LogP contribution in [0.2, 0.25) is 10.0 Å². The van der Waals surface area contributed by atoms with E-state index in [2.05, 4.69) is 4.98 Å². The second-order valence-electron chi connectivity index (χ2n) is 8.64. The molecule has 4 rings (SSSR count). The Morgan fingerprint density at radius 1 is 1.11 bits per heavy atom. The minimum Gasteiger partial charge on any atom is -0.872 e. The van der Waals surface area contributed by atoms with Gasteiger partial charge < -0.3 is 14.7 Å². The number of rotatable bonds is 6. The number of likely N-dealkylation sites (tertiary alicyclic amines) is 1. The summed E-state index contributed by atoms with van der Waals surface area (Å²) in [5.41, 5.74) is 2.16. The Bertz CT molecular complexity index is 1320. The zero-order valence-electron chi connectivity index (χ0n) is 19.5. The number of benzene rings is 2. The normalized spacial score (nSPS) is 17.3. The topological polar surface area (TPSA) is 83.8 Å². The number of nitrogens with zero attached hydrogens (tertiary/aromatic N) is 1. The molecular formula is C27H24Cl2N2O4. The highest BCUT2D eigenvalue weighted by Gasteiger charge is 2.44. The number of amides is 1. The summed E-state index contributed by atoms with van der Waals surface area (Å²) in [5, 5.41) is 14.3. The van der Waals surface area contributed by atoms with Crippen LogP contribution < -0.4 is 14.8 Å². The number of hydrogen-bond donors (Lipinski definition) is 0. The Kier molecular flexibility index (Phi) is 7.15. The van der Waals surface area contributed by atoms with Crippen LogP contribution in [0.4, 0.5) is 0 Å². The fraction of sp³-hybridized carbons (Fsp3) is 0.222. The molecule has 0 radical (unpaired) electrons. The van der Waals surface area contributed by atoms with E-state index in [4.69, 9.17) is 27.9 Å². The van der Waals surface area contributed by atoms with Gasteiger partial charge in [0.05, 0.1) is 28.7 Å². The number of carbonyl (C=O) groups excluding carboxylic acids is 2. The van der Waals surface area contributed by atoms with Gasteiger partial charge in [-0.1, -0.05) is 41.1 Å². The number of hydrogen-bond acceptors (Lipinski definition) is 4. The SMILES string of the molecule is Cc1cc(OC(C)C)ccc1C([O-])=C1C(=O)C(=O)N(Cc2ccc[nH+]c2)C1c1ccc(Cl)c(Cl)c1. The third-order valence-corrected chi connectivity index (χ3v) is 6.47. The van der Waals surface area contributed by atoms with Gasteiger partial charge in [0.1, 0.15) is 5.75 Å². The van der Waals surface area contributed by atoms with Crippen molar-refractivity contribution in [3.05, 3.63) is 98.8 Å². The lowest BCUT2D eigenvalue weighted by atomic mass is 9.93. The van der Waals surface area contributed by atoms with Crippen LogP contribution in [0, 0.1) is 6.92 Å². The summed E-state index contributed by atoms with van der Waals surface area (Å²) in [5.74, 6) is -1.45. The number of carbonyl (C=O) groups is 2. The zero-order valence-corrected chi connectivity index (χ0v) is 21.0. The fourth-order valence-electron chi connectivity index (χ4n) is 4.17. The van der Waals surface area contributed by atoms with Crippen molar-refractivity contribution in [2.75, 3.05) is 0 Å². The van der Waals surface area contributed by atoms with Crippen molar-refractivity contribution in [1.82, 2.24) is 4.90 Å². The molecule has 1 amide bonds. The van der Waals surface area contributed by atoms with E-state index in [0.717, 1.165) is 5.56 Å². The van der Waals surface area contributed by atoms with Crippen molar-refractivity contribution in [1.29, 1.82) is 0 Å². The molecule has 1 saturated heterocycles. The van der Waals surface area contributed by atoms with E-state index in [1.165, 1.54) is 4.90 Å². The first kappa shape index (κ1) is 24.8. The van der Waals surface area contributed by atoms with E-state index < -0.39 is 23.5 Å². The molecule has 3 aromatic rings. The van der Waals surface area contributed by atoms with Crippen LogP contribution in [0.25, 0.3) is 5.76 Å². The van der Waals surface area contributed by atoms with Crippen molar-refractivity contribution >= 4 is 40.7 Å². The van der Waals surface area contributed by atoms with Crippen LogP contribution in [-0.2, 0) is 16.1 Å². The van der Waals surface area contributed by atoms with E-state index in [1.54, 1.807) is 61.8 Å². The molecule has 1 aromatic heterocycles. The Morgan fingerprint density at radius 3 is 2.51 bits per heavy atom. The number of pyridine rings is 1. The second kappa shape index (κ2) is 10.1. The number of halogens is 2. The molecule has 1 N–H and O–H groups in total. The summed E-state index contributed by atoms with van der Waals surface area (Å²) in [4.78, 5) is 30.8. The third-order valence-electron chi connectivity index (χ3n) is 5.73. The van der Waals surface area contributed by atoms with Gasteiger partial charge >= 0.3 is 0 Å². The summed E-state index contributed by atoms with van der Waals surface area (Å²) < 4.78 is 5.71. The summed E-state index contributed by atoms with van der Waals surface area (Å²) >= 11 is 12.4. The quantitative estimate of drug-likeness (QED) is 0.280. The molecule has 0 saturated carbocycles. The minimum atomic E-state index is -0.913. The van der Waals surface area contributed by atoms with Gasteiger partial charge in [0, 0.05) is 17.2 Å². The first-order valence-corrected chi connectivity index (χ1v) is 11.9. The van der Waals surface area contributed by atoms with E-state index >= 15 is 0 Å². The molecule has 1 atom stereocenters. The smallest absolute Gasteiger partial charge is 0.295 e. The number of aromatic amines is 1. The highest BCUT2D eigenvalue weighted by atomic mass is 35.5. The predicted octanol–water partition coefficient (Wildman–Crippen LogP) is 4.33. The molecule has 35 heavy (non-hydrogen) atoms. The van der Waals surface area contributed by atoms with Crippen LogP contribution in [0.1, 0.15) is 42.1 Å². The van der Waals surface area contributed by atoms with Crippen LogP contribution in [0.5, 0.6) is 5.75 Å². The van der Waals surface area contributed by atoms with Gasteiger partial charge in [0.2, 0.25) is 5.78 Å². The number of nitrogens with one attached hydrogen (secondary N) is 1. The lowest BCUT2D eigenvalue weighted by Crippen LogP contribution is -2.29. The first-order chi connectivity index (χ1) is 16.7. The molecule has 2 aromatic carbocycles. The van der Waals surface area contributed by atoms with Gasteiger partial charge in [0.25, 0.3) is 5.91 Å². The molecule has 1 fully saturated rings. The largest absolute Gasteiger partial charge is 0.872 e. The number of aromatic nitrogens is 1. The maximum Gasteiger partial charge on any atom is 0.295 e. The number of ketones is 1. The third kappa shape index (κ3) is 5.04. The Labute approximate surface area is 213 Å². The highest BCUT2D eigenvalue weighted by molar-refractivity contribution is 6.46. The molecule has 1 aliphatic rings. The van der Waals surface area contributed by atoms with Crippen molar-refractivity contribution in [2.45, 2.75) is 39.5 Å². The molecule has 0 aliphatic carbocycles. The molecule has 6 nitrogen and oxygen atoms in total. The van der Waals surface area contributed by atoms with Gasteiger partial charge in [-0.2, -0.15) is 0 Å². The van der Waals surface area contributed by atoms with Crippen molar-refractivity contribution in [2.24, 2.45) is 0 Å². The summed E-state index contributed by atoms with van der Waals surface area (Å²) in [7, 11) is 0. The van der Waals surface area contributed by atoms with Crippen LogP contribution in [0.15, 0.2) is 66.5 Å². The van der Waals surface area contributed by atoms with Crippen LogP contribution in [-0.4, -0.2) is 22.7 Å². The molecule has 8 heteroatoms. The molecule has 1 aliphatic heterocycles. The fourth-order valence-corrected chi connectivity index (χ4v) is 4.48. The molecular weight excluding hydrogens is 487 g/mol. The van der Waals surface area contributed by atoms with Gasteiger partial charge in [-0.3, -0.25) is 9.59 Å². The molecule has 1 unspecified atom stereocenters. The van der Waals surface area contributed by atoms with Crippen molar-refractivity contribution < 1.29 is 24.4 Å². The van der Waals surface area contributed by atoms with E-state index in [-0.39, 0.29) is 23.2 Å². The van der Waals surface area contributed by atoms with Gasteiger partial charge in [-0.25, -0.2) is 4.98 Å². The first-order valence-electron chi connectivity index (χ1n) is 11.1. The minimum absolute atomic E-state index is 0.0258. The lowest BCUT2D eigenvalue weighted by Gasteiger charge is -2.28. The van der Waals surface area contributed by atoms with Gasteiger partial charge in [0.15, 0.2) is 12.4 Å². The average Bonchev–Trinajstić information content (AvgIpc) is 3.06. The van der Waals surface area contributed by atoms with Crippen LogP contribution in [0.3, 0.4) is 0 Å². The summed E-state index contributed by atoms with van der Waals surface area (Å²) in [6, 6.07) is 12.6. The number of aryl methyl sites for hydroxylation is 1. The van der Waals surface area contributed by atoms with Gasteiger partial charge in [-0.15, -0.1) is 0 Å². The zero-order chi connectivity index (χ0) is 25.3. The Morgan fingerprint density at radius 2 is 1.89 bits per heavy atom. The summed E-state index contributed by atoms with van der Waals surface area (Å²) in [6.45, 7) is 5.72. The maximum atomic E-state index is 13.7. The Balaban J connectivity index is 1.86. The standard InChI is InChI=1S/C27H24Cl2N2O4/c1-15(2)35-19-7-8-20(16(3)11-19)25(32)23-24(18-6-9-21(28)22(29)12-18)31(27(34)26(23)33)14-17-5-4-10-30-13-17/h4-13,15,24,32H,14H2,1-3H3. The Hall–Kier alpha value is -3.35. The maximum absolute atomic E-state index is 13.7. The molecule has 0 bridgehead atoms.